The van der Waals surface area contributed by atoms with E-state index in [2.05, 4.69) is 10.2 Å². The number of halogens is 1. The number of amides is 1. The van der Waals surface area contributed by atoms with Crippen LogP contribution >= 0.6 is 23.1 Å². The quantitative estimate of drug-likeness (QED) is 0.0656. The second kappa shape index (κ2) is 13.2. The lowest BCUT2D eigenvalue weighted by Crippen LogP contribution is -2.29. The van der Waals surface area contributed by atoms with E-state index >= 15 is 0 Å². The number of carbonyl (C=O) groups is 2. The minimum absolute atomic E-state index is 0.0633. The third-order valence-corrected chi connectivity index (χ3v) is 8.54. The molecule has 0 radical (unpaired) electrons. The topological polar surface area (TPSA) is 102 Å². The third-order valence-electron chi connectivity index (χ3n) is 6.41. The summed E-state index contributed by atoms with van der Waals surface area (Å²) in [6.07, 6.45) is 0.809. The molecule has 0 bridgehead atoms. The van der Waals surface area contributed by atoms with Crippen LogP contribution < -0.4 is 14.4 Å². The Hall–Kier alpha value is -4.22. The summed E-state index contributed by atoms with van der Waals surface area (Å²) in [6, 6.07) is 19.0. The third kappa shape index (κ3) is 6.17. The fourth-order valence-electron chi connectivity index (χ4n) is 4.47. The van der Waals surface area contributed by atoms with Gasteiger partial charge in [-0.2, -0.15) is 0 Å². The first-order valence-electron chi connectivity index (χ1n) is 13.4. The molecule has 1 aliphatic rings. The molecule has 2 heterocycles. The number of hydrogen-bond donors (Lipinski definition) is 1. The Balaban J connectivity index is 1.56. The molecule has 1 N–H and O–H groups in total. The van der Waals surface area contributed by atoms with Crippen LogP contribution in [0.15, 0.2) is 82.7 Å². The molecule has 4 aromatic rings. The molecule has 216 valence electrons. The number of anilines is 1. The van der Waals surface area contributed by atoms with Crippen LogP contribution in [-0.2, 0) is 15.3 Å². The standard InChI is InChI=1S/C31H28FN3O5S2/c1-3-16-40-23-15-12-21(17-24(23)39-4-2)26-25(27(36)20-8-6-5-7-9-20)28(37)29(38)35(26)30-33-34-31(42-30)41-18-19-10-13-22(32)14-11-19/h5-15,17,26,36H,3-4,16,18H2,1-2H3. The lowest BCUT2D eigenvalue weighted by molar-refractivity contribution is -0.132. The van der Waals surface area contributed by atoms with Gasteiger partial charge >= 0.3 is 5.91 Å². The van der Waals surface area contributed by atoms with E-state index in [1.807, 2.05) is 13.8 Å². The first-order valence-corrected chi connectivity index (χ1v) is 15.2. The average molecular weight is 606 g/mol. The summed E-state index contributed by atoms with van der Waals surface area (Å²) < 4.78 is 25.6. The SMILES string of the molecule is CCCOc1ccc(C2C(=C(O)c3ccccc3)C(=O)C(=O)N2c2nnc(SCc3ccc(F)cc3)s2)cc1OCC. The molecule has 0 saturated carbocycles. The fourth-order valence-corrected chi connectivity index (χ4v) is 6.30. The first kappa shape index (κ1) is 29.3. The Bertz CT molecular complexity index is 1610. The number of ketones is 1. The van der Waals surface area contributed by atoms with Gasteiger partial charge in [0, 0.05) is 11.3 Å². The number of aliphatic hydroxyl groups excluding tert-OH is 1. The molecule has 1 aromatic heterocycles. The van der Waals surface area contributed by atoms with Crippen LogP contribution in [0.4, 0.5) is 9.52 Å². The zero-order valence-electron chi connectivity index (χ0n) is 23.0. The highest BCUT2D eigenvalue weighted by Gasteiger charge is 2.48. The zero-order chi connectivity index (χ0) is 29.6. The number of thioether (sulfide) groups is 1. The Morgan fingerprint density at radius 1 is 1.00 bits per heavy atom. The monoisotopic (exact) mass is 605 g/mol. The average Bonchev–Trinajstić information content (AvgIpc) is 3.58. The summed E-state index contributed by atoms with van der Waals surface area (Å²) in [5.41, 5.74) is 1.78. The molecule has 1 saturated heterocycles. The predicted octanol–water partition coefficient (Wildman–Crippen LogP) is 6.78. The molecule has 1 unspecified atom stereocenters. The van der Waals surface area contributed by atoms with Crippen molar-refractivity contribution in [3.05, 3.63) is 101 Å². The number of ether oxygens (including phenoxy) is 2. The summed E-state index contributed by atoms with van der Waals surface area (Å²) in [4.78, 5) is 28.3. The smallest absolute Gasteiger partial charge is 0.301 e. The first-order chi connectivity index (χ1) is 20.4. The molecular formula is C31H28FN3O5S2. The Morgan fingerprint density at radius 3 is 2.48 bits per heavy atom. The highest BCUT2D eigenvalue weighted by atomic mass is 32.2. The van der Waals surface area contributed by atoms with Gasteiger partial charge in [0.05, 0.1) is 24.8 Å². The molecule has 1 fully saturated rings. The molecule has 42 heavy (non-hydrogen) atoms. The maximum Gasteiger partial charge on any atom is 0.301 e. The van der Waals surface area contributed by atoms with Crippen molar-refractivity contribution in [3.63, 3.8) is 0 Å². The lowest BCUT2D eigenvalue weighted by Gasteiger charge is -2.23. The van der Waals surface area contributed by atoms with Gasteiger partial charge in [-0.15, -0.1) is 10.2 Å². The van der Waals surface area contributed by atoms with Gasteiger partial charge in [-0.3, -0.25) is 14.5 Å². The largest absolute Gasteiger partial charge is 0.507 e. The Morgan fingerprint density at radius 2 is 1.76 bits per heavy atom. The number of nitrogens with zero attached hydrogens (tertiary/aromatic N) is 3. The van der Waals surface area contributed by atoms with Gasteiger partial charge < -0.3 is 14.6 Å². The van der Waals surface area contributed by atoms with Crippen LogP contribution in [0.25, 0.3) is 5.76 Å². The lowest BCUT2D eigenvalue weighted by atomic mass is 9.95. The van der Waals surface area contributed by atoms with E-state index in [1.165, 1.54) is 28.8 Å². The van der Waals surface area contributed by atoms with Crippen molar-refractivity contribution in [2.45, 2.75) is 36.4 Å². The van der Waals surface area contributed by atoms with Crippen molar-refractivity contribution >= 4 is 45.7 Å². The van der Waals surface area contributed by atoms with Gasteiger partial charge in [0.25, 0.3) is 5.78 Å². The minimum Gasteiger partial charge on any atom is -0.507 e. The maximum absolute atomic E-state index is 13.5. The van der Waals surface area contributed by atoms with Crippen molar-refractivity contribution < 1.29 is 28.6 Å². The van der Waals surface area contributed by atoms with Crippen molar-refractivity contribution in [2.24, 2.45) is 0 Å². The molecule has 1 amide bonds. The van der Waals surface area contributed by atoms with Crippen LogP contribution in [0.3, 0.4) is 0 Å². The Labute approximate surface area is 250 Å². The molecule has 1 aliphatic heterocycles. The van der Waals surface area contributed by atoms with E-state index < -0.39 is 17.7 Å². The van der Waals surface area contributed by atoms with Crippen molar-refractivity contribution in [2.75, 3.05) is 18.1 Å². The van der Waals surface area contributed by atoms with Crippen molar-refractivity contribution in [1.29, 1.82) is 0 Å². The predicted molar refractivity (Wildman–Crippen MR) is 160 cm³/mol. The van der Waals surface area contributed by atoms with Crippen molar-refractivity contribution in [3.8, 4) is 11.5 Å². The van der Waals surface area contributed by atoms with E-state index in [0.717, 1.165) is 23.3 Å². The molecule has 1 atom stereocenters. The number of carbonyl (C=O) groups excluding carboxylic acids is 2. The van der Waals surface area contributed by atoms with E-state index in [1.54, 1.807) is 60.7 Å². The van der Waals surface area contributed by atoms with E-state index in [4.69, 9.17) is 9.47 Å². The molecule has 5 rings (SSSR count). The van der Waals surface area contributed by atoms with E-state index in [9.17, 15) is 19.1 Å². The van der Waals surface area contributed by atoms with Crippen LogP contribution in [0.5, 0.6) is 11.5 Å². The second-order valence-corrected chi connectivity index (χ2v) is 11.5. The summed E-state index contributed by atoms with van der Waals surface area (Å²) in [5.74, 6) is -0.748. The molecule has 8 nitrogen and oxygen atoms in total. The van der Waals surface area contributed by atoms with Crippen molar-refractivity contribution in [1.82, 2.24) is 10.2 Å². The number of aliphatic hydroxyl groups is 1. The number of hydrogen-bond acceptors (Lipinski definition) is 9. The van der Waals surface area contributed by atoms with Crippen LogP contribution in [0, 0.1) is 5.82 Å². The molecule has 11 heteroatoms. The molecule has 3 aromatic carbocycles. The molecular weight excluding hydrogens is 577 g/mol. The number of Topliss-reactive ketones (excluding diaryl/α,β-unsaturated/α-hetero) is 1. The van der Waals surface area contributed by atoms with Gasteiger partial charge in [-0.25, -0.2) is 4.39 Å². The highest BCUT2D eigenvalue weighted by molar-refractivity contribution is 8.00. The summed E-state index contributed by atoms with van der Waals surface area (Å²) in [6.45, 7) is 4.72. The van der Waals surface area contributed by atoms with E-state index in [-0.39, 0.29) is 22.3 Å². The maximum atomic E-state index is 13.5. The number of benzene rings is 3. The van der Waals surface area contributed by atoms with Crippen LogP contribution in [0.2, 0.25) is 0 Å². The van der Waals surface area contributed by atoms with Gasteiger partial charge in [-0.05, 0) is 48.7 Å². The van der Waals surface area contributed by atoms with Gasteiger partial charge in [0.15, 0.2) is 15.8 Å². The minimum atomic E-state index is -0.993. The van der Waals surface area contributed by atoms with Crippen LogP contribution in [0.1, 0.15) is 43.0 Å². The number of rotatable bonds is 11. The van der Waals surface area contributed by atoms with Crippen LogP contribution in [-0.4, -0.2) is 40.2 Å². The fraction of sp³-hybridized carbons (Fsp3) is 0.226. The second-order valence-electron chi connectivity index (χ2n) is 9.29. The summed E-state index contributed by atoms with van der Waals surface area (Å²) in [5, 5.41) is 20.0. The summed E-state index contributed by atoms with van der Waals surface area (Å²) in [7, 11) is 0. The summed E-state index contributed by atoms with van der Waals surface area (Å²) >= 11 is 2.54. The highest BCUT2D eigenvalue weighted by Crippen LogP contribution is 2.45. The van der Waals surface area contributed by atoms with E-state index in [0.29, 0.717) is 45.9 Å². The molecule has 0 spiro atoms. The molecule has 0 aliphatic carbocycles. The Kier molecular flexibility index (Phi) is 9.19. The van der Waals surface area contributed by atoms with Gasteiger partial charge in [0.1, 0.15) is 11.6 Å². The number of aromatic nitrogens is 2. The van der Waals surface area contributed by atoms with Gasteiger partial charge in [0.2, 0.25) is 5.13 Å². The zero-order valence-corrected chi connectivity index (χ0v) is 24.6. The van der Waals surface area contributed by atoms with Gasteiger partial charge in [-0.1, -0.05) is 78.6 Å². The normalized spacial score (nSPS) is 16.2.